The number of hydrogen-bond acceptors (Lipinski definition) is 6. The van der Waals surface area contributed by atoms with Gasteiger partial charge in [0.25, 0.3) is 5.56 Å². The number of nitrogens with one attached hydrogen (secondary N) is 2. The molecule has 0 bridgehead atoms. The molecule has 0 aliphatic rings. The van der Waals surface area contributed by atoms with E-state index in [2.05, 4.69) is 26.8 Å². The van der Waals surface area contributed by atoms with Gasteiger partial charge < -0.3 is 15.2 Å². The highest BCUT2D eigenvalue weighted by Crippen LogP contribution is 2.17. The van der Waals surface area contributed by atoms with E-state index in [4.69, 9.17) is 0 Å². The van der Waals surface area contributed by atoms with E-state index in [9.17, 15) is 4.79 Å². The summed E-state index contributed by atoms with van der Waals surface area (Å²) in [5, 5.41) is 4.12. The van der Waals surface area contributed by atoms with Crippen molar-refractivity contribution in [1.29, 1.82) is 0 Å². The maximum Gasteiger partial charge on any atom is 0.266 e. The zero-order chi connectivity index (χ0) is 13.8. The number of aromatic amines is 1. The van der Waals surface area contributed by atoms with Crippen molar-refractivity contribution in [2.24, 2.45) is 0 Å². The Balaban J connectivity index is 2.09. The van der Waals surface area contributed by atoms with Gasteiger partial charge in [-0.15, -0.1) is 11.3 Å². The van der Waals surface area contributed by atoms with Crippen molar-refractivity contribution < 1.29 is 0 Å². The standard InChI is InChI=1S/C12H16N4OS2/c1-8-15-11(17)10(18-8)6-9-7-14-12(19-9)13-4-5-16(2)3/h6-7H,1,4-5H2,2-3H3,(H,13,14)(H,15,17)/b10-6-. The number of aromatic nitrogens is 2. The van der Waals surface area contributed by atoms with Crippen LogP contribution in [0.25, 0.3) is 12.7 Å². The van der Waals surface area contributed by atoms with Crippen LogP contribution in [0, 0.1) is 0 Å². The van der Waals surface area contributed by atoms with Gasteiger partial charge >= 0.3 is 0 Å². The second kappa shape index (κ2) is 6.14. The minimum Gasteiger partial charge on any atom is -0.360 e. The molecular formula is C12H16N4OS2. The van der Waals surface area contributed by atoms with E-state index < -0.39 is 0 Å². The predicted molar refractivity (Wildman–Crippen MR) is 82.4 cm³/mol. The number of H-pyrrole nitrogens is 1. The van der Waals surface area contributed by atoms with Crippen molar-refractivity contribution >= 4 is 40.5 Å². The molecule has 0 saturated carbocycles. The van der Waals surface area contributed by atoms with Gasteiger partial charge in [-0.05, 0) is 20.2 Å². The fourth-order valence-electron chi connectivity index (χ4n) is 1.44. The lowest BCUT2D eigenvalue weighted by atomic mass is 10.5. The van der Waals surface area contributed by atoms with Crippen LogP contribution in [-0.4, -0.2) is 42.1 Å². The van der Waals surface area contributed by atoms with Crippen LogP contribution >= 0.6 is 22.7 Å². The third-order valence-electron chi connectivity index (χ3n) is 2.34. The molecule has 0 aliphatic heterocycles. The third kappa shape index (κ3) is 4.02. The zero-order valence-corrected chi connectivity index (χ0v) is 12.5. The first-order chi connectivity index (χ1) is 9.04. The molecule has 102 valence electrons. The fraction of sp³-hybridized carbons (Fsp3) is 0.333. The van der Waals surface area contributed by atoms with Gasteiger partial charge in [0.2, 0.25) is 0 Å². The first-order valence-electron chi connectivity index (χ1n) is 5.79. The zero-order valence-electron chi connectivity index (χ0n) is 10.9. The highest BCUT2D eigenvalue weighted by molar-refractivity contribution is 7.16. The summed E-state index contributed by atoms with van der Waals surface area (Å²) in [7, 11) is 4.06. The van der Waals surface area contributed by atoms with Crippen LogP contribution in [0.1, 0.15) is 4.88 Å². The van der Waals surface area contributed by atoms with Crippen LogP contribution in [0.5, 0.6) is 0 Å². The van der Waals surface area contributed by atoms with Gasteiger partial charge in [0.05, 0.1) is 14.1 Å². The average Bonchev–Trinajstić information content (AvgIpc) is 2.87. The minimum absolute atomic E-state index is 0.0921. The summed E-state index contributed by atoms with van der Waals surface area (Å²) in [6.45, 7) is 5.52. The molecule has 5 nitrogen and oxygen atoms in total. The Hall–Kier alpha value is -1.44. The van der Waals surface area contributed by atoms with Gasteiger partial charge in [0, 0.05) is 19.3 Å². The Kier molecular flexibility index (Phi) is 4.52. The summed E-state index contributed by atoms with van der Waals surface area (Å²) in [5.41, 5.74) is -0.0921. The molecule has 0 aliphatic carbocycles. The maximum atomic E-state index is 11.5. The maximum absolute atomic E-state index is 11.5. The Morgan fingerprint density at radius 3 is 2.95 bits per heavy atom. The quantitative estimate of drug-likeness (QED) is 0.822. The lowest BCUT2D eigenvalue weighted by molar-refractivity contribution is 0.425. The Bertz CT molecular complexity index is 698. The number of anilines is 1. The van der Waals surface area contributed by atoms with E-state index in [1.165, 1.54) is 22.7 Å². The summed E-state index contributed by atoms with van der Waals surface area (Å²) < 4.78 is 1.33. The van der Waals surface area contributed by atoms with Gasteiger partial charge in [-0.2, -0.15) is 0 Å². The molecule has 2 N–H and O–H groups in total. The van der Waals surface area contributed by atoms with Crippen LogP contribution in [0.3, 0.4) is 0 Å². The molecule has 0 radical (unpaired) electrons. The van der Waals surface area contributed by atoms with Crippen molar-refractivity contribution in [2.75, 3.05) is 32.5 Å². The van der Waals surface area contributed by atoms with E-state index in [0.29, 0.717) is 9.20 Å². The second-order valence-electron chi connectivity index (χ2n) is 4.29. The minimum atomic E-state index is -0.0921. The number of hydrogen-bond donors (Lipinski definition) is 2. The molecule has 0 fully saturated rings. The van der Waals surface area contributed by atoms with Gasteiger partial charge in [-0.25, -0.2) is 4.98 Å². The lowest BCUT2D eigenvalue weighted by Gasteiger charge is -2.08. The molecular weight excluding hydrogens is 280 g/mol. The molecule has 2 aromatic heterocycles. The van der Waals surface area contributed by atoms with Crippen LogP contribution in [0.15, 0.2) is 11.0 Å². The molecule has 0 unspecified atom stereocenters. The molecule has 2 rings (SSSR count). The number of likely N-dealkylation sites (N-methyl/N-ethyl adjacent to an activating group) is 1. The molecule has 2 aromatic rings. The Morgan fingerprint density at radius 1 is 1.53 bits per heavy atom. The molecule has 0 aromatic carbocycles. The van der Waals surface area contributed by atoms with Crippen molar-refractivity contribution in [2.45, 2.75) is 0 Å². The summed E-state index contributed by atoms with van der Waals surface area (Å²) in [6, 6.07) is 0. The van der Waals surface area contributed by atoms with E-state index >= 15 is 0 Å². The van der Waals surface area contributed by atoms with E-state index in [0.717, 1.165) is 23.1 Å². The van der Waals surface area contributed by atoms with Gasteiger partial charge in [0.1, 0.15) is 0 Å². The summed E-state index contributed by atoms with van der Waals surface area (Å²) in [4.78, 5) is 21.6. The average molecular weight is 296 g/mol. The van der Waals surface area contributed by atoms with E-state index in [1.807, 2.05) is 20.2 Å². The smallest absolute Gasteiger partial charge is 0.266 e. The van der Waals surface area contributed by atoms with Crippen molar-refractivity contribution in [1.82, 2.24) is 14.9 Å². The molecule has 0 atom stereocenters. The predicted octanol–water partition coefficient (Wildman–Crippen LogP) is 0.105. The summed E-state index contributed by atoms with van der Waals surface area (Å²) in [6.07, 6.45) is 3.61. The van der Waals surface area contributed by atoms with Gasteiger partial charge in [0.15, 0.2) is 5.13 Å². The molecule has 19 heavy (non-hydrogen) atoms. The second-order valence-corrected chi connectivity index (χ2v) is 6.48. The number of thiazole rings is 2. The van der Waals surface area contributed by atoms with Gasteiger partial charge in [-0.1, -0.05) is 17.9 Å². The van der Waals surface area contributed by atoms with Crippen LogP contribution in [0.4, 0.5) is 5.13 Å². The molecule has 7 heteroatoms. The monoisotopic (exact) mass is 296 g/mol. The third-order valence-corrected chi connectivity index (χ3v) is 4.12. The van der Waals surface area contributed by atoms with Crippen LogP contribution in [-0.2, 0) is 0 Å². The highest BCUT2D eigenvalue weighted by Gasteiger charge is 2.00. The van der Waals surface area contributed by atoms with Crippen molar-refractivity contribution in [3.05, 3.63) is 30.6 Å². The summed E-state index contributed by atoms with van der Waals surface area (Å²) in [5.74, 6) is 0. The Morgan fingerprint density at radius 2 is 2.32 bits per heavy atom. The van der Waals surface area contributed by atoms with E-state index in [1.54, 1.807) is 6.20 Å². The largest absolute Gasteiger partial charge is 0.360 e. The lowest BCUT2D eigenvalue weighted by Crippen LogP contribution is -2.20. The van der Waals surface area contributed by atoms with Gasteiger partial charge in [-0.3, -0.25) is 4.79 Å². The number of nitrogens with zero attached hydrogens (tertiary/aromatic N) is 2. The fourth-order valence-corrected chi connectivity index (χ4v) is 3.04. The van der Waals surface area contributed by atoms with Crippen LogP contribution in [0.2, 0.25) is 0 Å². The summed E-state index contributed by atoms with van der Waals surface area (Å²) >= 11 is 2.89. The Labute approximate surface area is 118 Å². The topological polar surface area (TPSA) is 61.0 Å². The van der Waals surface area contributed by atoms with Crippen molar-refractivity contribution in [3.63, 3.8) is 0 Å². The molecule has 0 saturated heterocycles. The first kappa shape index (κ1) is 14.0. The highest BCUT2D eigenvalue weighted by atomic mass is 32.1. The van der Waals surface area contributed by atoms with Crippen LogP contribution < -0.4 is 20.1 Å². The number of rotatable bonds is 5. The van der Waals surface area contributed by atoms with Crippen molar-refractivity contribution in [3.8, 4) is 0 Å². The van der Waals surface area contributed by atoms with E-state index in [-0.39, 0.29) is 5.56 Å². The molecule has 2 heterocycles. The molecule has 0 spiro atoms. The molecule has 0 amide bonds. The first-order valence-corrected chi connectivity index (χ1v) is 7.42. The SMILES string of the molecule is C=c1[nH]c(=O)/c(=C/c2cnc(NCCN(C)C)s2)s1. The normalized spacial score (nSPS) is 12.3.